The molecule has 2 atom stereocenters. The predicted molar refractivity (Wildman–Crippen MR) is 89.1 cm³/mol. The molecule has 25 heavy (non-hydrogen) atoms. The summed E-state index contributed by atoms with van der Waals surface area (Å²) in [7, 11) is 0. The van der Waals surface area contributed by atoms with Crippen LogP contribution in [0, 0.1) is 11.8 Å². The quantitative estimate of drug-likeness (QED) is 0.478. The average molecular weight is 362 g/mol. The predicted octanol–water partition coefficient (Wildman–Crippen LogP) is 1.05. The lowest BCUT2D eigenvalue weighted by Gasteiger charge is -2.14. The number of nitrogens with one attached hydrogen (secondary N) is 2. The van der Waals surface area contributed by atoms with Crippen molar-refractivity contribution in [3.05, 3.63) is 47.0 Å². The Morgan fingerprint density at radius 3 is 2.12 bits per heavy atom. The molecule has 1 aromatic rings. The van der Waals surface area contributed by atoms with Crippen LogP contribution < -0.4 is 10.9 Å². The van der Waals surface area contributed by atoms with Crippen LogP contribution in [0.15, 0.2) is 36.4 Å². The lowest BCUT2D eigenvalue weighted by molar-refractivity contribution is -0.143. The van der Waals surface area contributed by atoms with Crippen molar-refractivity contribution < 1.29 is 19.2 Å². The van der Waals surface area contributed by atoms with Gasteiger partial charge in [-0.3, -0.25) is 34.9 Å². The Balaban J connectivity index is 1.54. The van der Waals surface area contributed by atoms with Gasteiger partial charge in [0, 0.05) is 10.6 Å². The number of hydrazine groups is 1. The van der Waals surface area contributed by atoms with Gasteiger partial charge in [0.15, 0.2) is 0 Å². The number of amides is 4. The minimum Gasteiger partial charge on any atom is -0.274 e. The highest BCUT2D eigenvalue weighted by atomic mass is 35.5. The number of nitrogens with zero attached hydrogens (tertiary/aromatic N) is 1. The van der Waals surface area contributed by atoms with Crippen LogP contribution in [0.25, 0.3) is 0 Å². The summed E-state index contributed by atoms with van der Waals surface area (Å²) in [5.74, 6) is -2.60. The van der Waals surface area contributed by atoms with Gasteiger partial charge in [0.25, 0.3) is 11.8 Å². The summed E-state index contributed by atoms with van der Waals surface area (Å²) in [4.78, 5) is 49.4. The lowest BCUT2D eigenvalue weighted by atomic mass is 9.85. The monoisotopic (exact) mass is 361 g/mol. The van der Waals surface area contributed by atoms with Gasteiger partial charge in [-0.25, -0.2) is 0 Å². The maximum atomic E-state index is 12.3. The zero-order chi connectivity index (χ0) is 18.0. The molecule has 1 saturated heterocycles. The second-order valence-electron chi connectivity index (χ2n) is 5.93. The van der Waals surface area contributed by atoms with Crippen LogP contribution in [-0.2, 0) is 14.4 Å². The highest BCUT2D eigenvalue weighted by molar-refractivity contribution is 6.30. The number of fused-ring (bicyclic) bond motifs is 1. The molecule has 0 radical (unpaired) electrons. The molecular formula is C17H16ClN3O4. The minimum absolute atomic E-state index is 0.315. The maximum Gasteiger partial charge on any atom is 0.269 e. The Hall–Kier alpha value is -2.67. The summed E-state index contributed by atoms with van der Waals surface area (Å²) in [6.45, 7) is -0.411. The summed E-state index contributed by atoms with van der Waals surface area (Å²) in [5, 5.41) is 0.489. The van der Waals surface area contributed by atoms with Crippen molar-refractivity contribution in [2.75, 3.05) is 6.54 Å². The second kappa shape index (κ2) is 7.06. The van der Waals surface area contributed by atoms with E-state index >= 15 is 0 Å². The number of carbonyl (C=O) groups is 4. The third-order valence-electron chi connectivity index (χ3n) is 4.32. The van der Waals surface area contributed by atoms with E-state index in [1.165, 1.54) is 12.1 Å². The molecular weight excluding hydrogens is 346 g/mol. The zero-order valence-electron chi connectivity index (χ0n) is 13.2. The number of halogens is 1. The molecule has 0 saturated carbocycles. The first-order chi connectivity index (χ1) is 12.0. The lowest BCUT2D eigenvalue weighted by Crippen LogP contribution is -2.47. The largest absolute Gasteiger partial charge is 0.274 e. The van der Waals surface area contributed by atoms with E-state index in [1.54, 1.807) is 12.1 Å². The molecule has 2 aliphatic rings. The van der Waals surface area contributed by atoms with Gasteiger partial charge in [-0.2, -0.15) is 0 Å². The van der Waals surface area contributed by atoms with Gasteiger partial charge in [0.2, 0.25) is 11.8 Å². The number of benzene rings is 1. The summed E-state index contributed by atoms with van der Waals surface area (Å²) >= 11 is 5.74. The molecule has 4 amide bonds. The van der Waals surface area contributed by atoms with Crippen molar-refractivity contribution in [2.45, 2.75) is 12.8 Å². The smallest absolute Gasteiger partial charge is 0.269 e. The molecule has 8 heteroatoms. The molecule has 0 spiro atoms. The van der Waals surface area contributed by atoms with E-state index in [0.717, 1.165) is 4.90 Å². The van der Waals surface area contributed by atoms with E-state index in [1.807, 2.05) is 12.2 Å². The normalized spacial score (nSPS) is 21.9. The Kier molecular flexibility index (Phi) is 4.85. The van der Waals surface area contributed by atoms with E-state index in [-0.39, 0.29) is 23.7 Å². The molecule has 0 bridgehead atoms. The first kappa shape index (κ1) is 17.2. The fraction of sp³-hybridized carbons (Fsp3) is 0.294. The molecule has 130 valence electrons. The summed E-state index contributed by atoms with van der Waals surface area (Å²) in [5.41, 5.74) is 4.77. The van der Waals surface area contributed by atoms with E-state index in [9.17, 15) is 19.2 Å². The molecule has 1 heterocycles. The third kappa shape index (κ3) is 3.56. The van der Waals surface area contributed by atoms with Gasteiger partial charge in [0.05, 0.1) is 11.8 Å². The van der Waals surface area contributed by atoms with Crippen molar-refractivity contribution in [1.29, 1.82) is 0 Å². The van der Waals surface area contributed by atoms with Gasteiger partial charge in [-0.15, -0.1) is 0 Å². The Morgan fingerprint density at radius 1 is 1.00 bits per heavy atom. The van der Waals surface area contributed by atoms with Crippen LogP contribution in [0.2, 0.25) is 5.02 Å². The topological polar surface area (TPSA) is 95.6 Å². The molecule has 2 N–H and O–H groups in total. The van der Waals surface area contributed by atoms with Gasteiger partial charge in [0.1, 0.15) is 6.54 Å². The van der Waals surface area contributed by atoms with Crippen molar-refractivity contribution >= 4 is 35.2 Å². The highest BCUT2D eigenvalue weighted by Crippen LogP contribution is 2.34. The first-order valence-corrected chi connectivity index (χ1v) is 8.20. The molecule has 1 aliphatic carbocycles. The molecule has 0 aromatic heterocycles. The van der Waals surface area contributed by atoms with Crippen molar-refractivity contribution in [3.63, 3.8) is 0 Å². The van der Waals surface area contributed by atoms with Crippen molar-refractivity contribution in [3.8, 4) is 0 Å². The van der Waals surface area contributed by atoms with Crippen LogP contribution in [-0.4, -0.2) is 35.1 Å². The van der Waals surface area contributed by atoms with E-state index < -0.39 is 18.4 Å². The van der Waals surface area contributed by atoms with E-state index in [4.69, 9.17) is 11.6 Å². The van der Waals surface area contributed by atoms with E-state index in [2.05, 4.69) is 10.9 Å². The SMILES string of the molecule is O=C(CN1C(=O)[C@H]2CC=CC[C@H]2C1=O)NNC(=O)c1ccc(Cl)cc1. The van der Waals surface area contributed by atoms with Gasteiger partial charge < -0.3 is 0 Å². The number of allylic oxidation sites excluding steroid dienone is 2. The molecule has 3 rings (SSSR count). The molecule has 1 fully saturated rings. The van der Waals surface area contributed by atoms with Crippen LogP contribution in [0.1, 0.15) is 23.2 Å². The van der Waals surface area contributed by atoms with Gasteiger partial charge in [-0.05, 0) is 37.1 Å². The summed E-state index contributed by atoms with van der Waals surface area (Å²) < 4.78 is 0. The number of hydrogen-bond donors (Lipinski definition) is 2. The number of hydrogen-bond acceptors (Lipinski definition) is 4. The standard InChI is InChI=1S/C17H16ClN3O4/c18-11-7-5-10(6-8-11)15(23)20-19-14(22)9-21-16(24)12-3-1-2-4-13(12)17(21)25/h1-2,5-8,12-13H,3-4,9H2,(H,19,22)(H,20,23)/t12-,13+. The number of carbonyl (C=O) groups excluding carboxylic acids is 4. The first-order valence-electron chi connectivity index (χ1n) is 7.82. The summed E-state index contributed by atoms with van der Waals surface area (Å²) in [6, 6.07) is 6.12. The van der Waals surface area contributed by atoms with Crippen LogP contribution in [0.3, 0.4) is 0 Å². The number of imide groups is 1. The molecule has 7 nitrogen and oxygen atoms in total. The number of rotatable bonds is 3. The van der Waals surface area contributed by atoms with Crippen LogP contribution >= 0.6 is 11.6 Å². The van der Waals surface area contributed by atoms with Crippen molar-refractivity contribution in [2.24, 2.45) is 11.8 Å². The van der Waals surface area contributed by atoms with Crippen LogP contribution in [0.5, 0.6) is 0 Å². The fourth-order valence-corrected chi connectivity index (χ4v) is 3.13. The van der Waals surface area contributed by atoms with E-state index in [0.29, 0.717) is 23.4 Å². The Morgan fingerprint density at radius 2 is 1.56 bits per heavy atom. The average Bonchev–Trinajstić information content (AvgIpc) is 2.86. The molecule has 1 aromatic carbocycles. The molecule has 1 aliphatic heterocycles. The van der Waals surface area contributed by atoms with Gasteiger partial charge >= 0.3 is 0 Å². The van der Waals surface area contributed by atoms with Crippen LogP contribution in [0.4, 0.5) is 0 Å². The highest BCUT2D eigenvalue weighted by Gasteiger charge is 2.47. The fourth-order valence-electron chi connectivity index (χ4n) is 3.01. The third-order valence-corrected chi connectivity index (χ3v) is 4.57. The number of likely N-dealkylation sites (tertiary alicyclic amines) is 1. The molecule has 0 unspecified atom stereocenters. The Labute approximate surface area is 149 Å². The Bertz CT molecular complexity index is 734. The minimum atomic E-state index is -0.643. The van der Waals surface area contributed by atoms with Gasteiger partial charge in [-0.1, -0.05) is 23.8 Å². The second-order valence-corrected chi connectivity index (χ2v) is 6.36. The van der Waals surface area contributed by atoms with Crippen molar-refractivity contribution in [1.82, 2.24) is 15.8 Å². The maximum absolute atomic E-state index is 12.3. The zero-order valence-corrected chi connectivity index (χ0v) is 14.0. The summed E-state index contributed by atoms with van der Waals surface area (Å²) in [6.07, 6.45) is 4.78.